The SMILES string of the molecule is CC(C)(C)OC(=O)C(N)Cc1ccc(-c2ccccc2)cc1. The van der Waals surface area contributed by atoms with Crippen LogP contribution in [0.15, 0.2) is 54.6 Å². The molecule has 0 heterocycles. The number of ether oxygens (including phenoxy) is 1. The number of nitrogens with two attached hydrogens (primary N) is 1. The van der Waals surface area contributed by atoms with Crippen molar-refractivity contribution in [2.45, 2.75) is 38.8 Å². The van der Waals surface area contributed by atoms with Crippen LogP contribution in [0.25, 0.3) is 11.1 Å². The van der Waals surface area contributed by atoms with Crippen LogP contribution in [0.2, 0.25) is 0 Å². The van der Waals surface area contributed by atoms with Gasteiger partial charge in [-0.05, 0) is 43.9 Å². The Bertz CT molecular complexity index is 612. The van der Waals surface area contributed by atoms with Gasteiger partial charge in [-0.3, -0.25) is 4.79 Å². The first-order valence-corrected chi connectivity index (χ1v) is 7.48. The summed E-state index contributed by atoms with van der Waals surface area (Å²) in [5.74, 6) is -0.361. The number of rotatable bonds is 4. The van der Waals surface area contributed by atoms with Crippen LogP contribution < -0.4 is 5.73 Å². The second-order valence-corrected chi connectivity index (χ2v) is 6.41. The lowest BCUT2D eigenvalue weighted by Gasteiger charge is -2.22. The van der Waals surface area contributed by atoms with Crippen LogP contribution in [-0.2, 0) is 16.0 Å². The lowest BCUT2D eigenvalue weighted by molar-refractivity contribution is -0.156. The molecular formula is C19H23NO2. The van der Waals surface area contributed by atoms with E-state index in [1.165, 1.54) is 5.56 Å². The van der Waals surface area contributed by atoms with Gasteiger partial charge in [-0.2, -0.15) is 0 Å². The number of benzene rings is 2. The molecule has 22 heavy (non-hydrogen) atoms. The molecule has 0 saturated carbocycles. The Labute approximate surface area is 132 Å². The van der Waals surface area contributed by atoms with E-state index in [1.54, 1.807) is 0 Å². The molecule has 1 atom stereocenters. The maximum atomic E-state index is 11.9. The van der Waals surface area contributed by atoms with E-state index in [0.29, 0.717) is 6.42 Å². The van der Waals surface area contributed by atoms with Crippen molar-refractivity contribution >= 4 is 5.97 Å². The first-order chi connectivity index (χ1) is 10.3. The van der Waals surface area contributed by atoms with Gasteiger partial charge in [0.05, 0.1) is 0 Å². The number of carbonyl (C=O) groups excluding carboxylic acids is 1. The molecule has 0 aromatic heterocycles. The molecule has 0 saturated heterocycles. The molecule has 1 unspecified atom stereocenters. The first-order valence-electron chi connectivity index (χ1n) is 7.48. The van der Waals surface area contributed by atoms with E-state index in [1.807, 2.05) is 63.2 Å². The molecule has 2 aromatic carbocycles. The molecule has 2 N–H and O–H groups in total. The quantitative estimate of drug-likeness (QED) is 0.878. The molecule has 3 nitrogen and oxygen atoms in total. The Morgan fingerprint density at radius 2 is 1.55 bits per heavy atom. The van der Waals surface area contributed by atoms with Crippen molar-refractivity contribution in [3.63, 3.8) is 0 Å². The summed E-state index contributed by atoms with van der Waals surface area (Å²) in [7, 11) is 0. The Kier molecular flexibility index (Phi) is 4.99. The molecule has 0 spiro atoms. The fourth-order valence-corrected chi connectivity index (χ4v) is 2.18. The first kappa shape index (κ1) is 16.2. The fraction of sp³-hybridized carbons (Fsp3) is 0.316. The van der Waals surface area contributed by atoms with Crippen molar-refractivity contribution in [3.05, 3.63) is 60.2 Å². The fourth-order valence-electron chi connectivity index (χ4n) is 2.18. The van der Waals surface area contributed by atoms with Crippen LogP contribution in [0.1, 0.15) is 26.3 Å². The normalized spacial score (nSPS) is 12.7. The predicted octanol–water partition coefficient (Wildman–Crippen LogP) is 3.57. The average Bonchev–Trinajstić information content (AvgIpc) is 2.47. The van der Waals surface area contributed by atoms with Crippen molar-refractivity contribution in [2.24, 2.45) is 5.73 Å². The minimum Gasteiger partial charge on any atom is -0.459 e. The van der Waals surface area contributed by atoms with E-state index in [2.05, 4.69) is 12.1 Å². The van der Waals surface area contributed by atoms with Gasteiger partial charge in [0, 0.05) is 0 Å². The number of hydrogen-bond donors (Lipinski definition) is 1. The van der Waals surface area contributed by atoms with E-state index in [-0.39, 0.29) is 5.97 Å². The smallest absolute Gasteiger partial charge is 0.323 e. The zero-order valence-corrected chi connectivity index (χ0v) is 13.4. The maximum absolute atomic E-state index is 11.9. The highest BCUT2D eigenvalue weighted by Gasteiger charge is 2.22. The summed E-state index contributed by atoms with van der Waals surface area (Å²) in [6.07, 6.45) is 0.476. The van der Waals surface area contributed by atoms with Gasteiger partial charge in [0.25, 0.3) is 0 Å². The van der Waals surface area contributed by atoms with E-state index >= 15 is 0 Å². The summed E-state index contributed by atoms with van der Waals surface area (Å²) >= 11 is 0. The van der Waals surface area contributed by atoms with Crippen molar-refractivity contribution < 1.29 is 9.53 Å². The topological polar surface area (TPSA) is 52.3 Å². The van der Waals surface area contributed by atoms with Gasteiger partial charge in [0.1, 0.15) is 11.6 Å². The lowest BCUT2D eigenvalue weighted by Crippen LogP contribution is -2.38. The Balaban J connectivity index is 2.01. The summed E-state index contributed by atoms with van der Waals surface area (Å²) in [6.45, 7) is 5.52. The number of esters is 1. The van der Waals surface area contributed by atoms with Gasteiger partial charge in [-0.1, -0.05) is 54.6 Å². The minimum absolute atomic E-state index is 0.361. The molecule has 0 bridgehead atoms. The molecule has 0 amide bonds. The summed E-state index contributed by atoms with van der Waals surface area (Å²) < 4.78 is 5.30. The second-order valence-electron chi connectivity index (χ2n) is 6.41. The molecule has 0 fully saturated rings. The third kappa shape index (κ3) is 4.71. The minimum atomic E-state index is -0.637. The Morgan fingerprint density at radius 1 is 1.00 bits per heavy atom. The Hall–Kier alpha value is -2.13. The van der Waals surface area contributed by atoms with Crippen LogP contribution in [-0.4, -0.2) is 17.6 Å². The highest BCUT2D eigenvalue weighted by molar-refractivity contribution is 5.76. The van der Waals surface area contributed by atoms with Crippen LogP contribution in [0.4, 0.5) is 0 Å². The van der Waals surface area contributed by atoms with Gasteiger partial charge >= 0.3 is 5.97 Å². The van der Waals surface area contributed by atoms with E-state index in [4.69, 9.17) is 10.5 Å². The molecule has 3 heteroatoms. The van der Waals surface area contributed by atoms with E-state index in [0.717, 1.165) is 11.1 Å². The van der Waals surface area contributed by atoms with Gasteiger partial charge < -0.3 is 10.5 Å². The number of carbonyl (C=O) groups is 1. The van der Waals surface area contributed by atoms with Crippen molar-refractivity contribution in [1.29, 1.82) is 0 Å². The third-order valence-electron chi connectivity index (χ3n) is 3.23. The van der Waals surface area contributed by atoms with E-state index in [9.17, 15) is 4.79 Å². The third-order valence-corrected chi connectivity index (χ3v) is 3.23. The predicted molar refractivity (Wildman–Crippen MR) is 89.4 cm³/mol. The van der Waals surface area contributed by atoms with Crippen molar-refractivity contribution in [1.82, 2.24) is 0 Å². The summed E-state index contributed by atoms with van der Waals surface area (Å²) in [4.78, 5) is 11.9. The zero-order chi connectivity index (χ0) is 16.2. The van der Waals surface area contributed by atoms with Crippen LogP contribution in [0.5, 0.6) is 0 Å². The monoisotopic (exact) mass is 297 g/mol. The molecule has 0 aliphatic carbocycles. The van der Waals surface area contributed by atoms with Gasteiger partial charge in [0.15, 0.2) is 0 Å². The molecular weight excluding hydrogens is 274 g/mol. The summed E-state index contributed by atoms with van der Waals surface area (Å²) in [6, 6.07) is 17.6. The molecule has 2 rings (SSSR count). The largest absolute Gasteiger partial charge is 0.459 e. The Morgan fingerprint density at radius 3 is 2.09 bits per heavy atom. The van der Waals surface area contributed by atoms with Gasteiger partial charge in [0.2, 0.25) is 0 Å². The van der Waals surface area contributed by atoms with Crippen LogP contribution in [0, 0.1) is 0 Å². The lowest BCUT2D eigenvalue weighted by atomic mass is 10.0. The average molecular weight is 297 g/mol. The molecule has 0 aliphatic rings. The van der Waals surface area contributed by atoms with Gasteiger partial charge in [-0.25, -0.2) is 0 Å². The second kappa shape index (κ2) is 6.75. The van der Waals surface area contributed by atoms with E-state index < -0.39 is 11.6 Å². The highest BCUT2D eigenvalue weighted by atomic mass is 16.6. The van der Waals surface area contributed by atoms with Crippen LogP contribution >= 0.6 is 0 Å². The summed E-state index contributed by atoms with van der Waals surface area (Å²) in [5, 5.41) is 0. The van der Waals surface area contributed by atoms with Gasteiger partial charge in [-0.15, -0.1) is 0 Å². The number of hydrogen-bond acceptors (Lipinski definition) is 3. The molecule has 2 aromatic rings. The van der Waals surface area contributed by atoms with Crippen LogP contribution in [0.3, 0.4) is 0 Å². The zero-order valence-electron chi connectivity index (χ0n) is 13.4. The highest BCUT2D eigenvalue weighted by Crippen LogP contribution is 2.20. The van der Waals surface area contributed by atoms with Crippen molar-refractivity contribution in [2.75, 3.05) is 0 Å². The van der Waals surface area contributed by atoms with Crippen molar-refractivity contribution in [3.8, 4) is 11.1 Å². The molecule has 116 valence electrons. The molecule has 0 radical (unpaired) electrons. The summed E-state index contributed by atoms with van der Waals surface area (Å²) in [5.41, 5.74) is 8.77. The standard InChI is InChI=1S/C19H23NO2/c1-19(2,3)22-18(21)17(20)13-14-9-11-16(12-10-14)15-7-5-4-6-8-15/h4-12,17H,13,20H2,1-3H3. The maximum Gasteiger partial charge on any atom is 0.323 e. The molecule has 0 aliphatic heterocycles.